The number of hydrogen-bond acceptors (Lipinski definition) is 6. The molecule has 4 N–H and O–H groups in total. The summed E-state index contributed by atoms with van der Waals surface area (Å²) in [6.45, 7) is 0. The Morgan fingerprint density at radius 1 is 0.750 bits per heavy atom. The molecule has 0 atom stereocenters. The Morgan fingerprint density at radius 2 is 1.07 bits per heavy atom. The second kappa shape index (κ2) is 7.12. The van der Waals surface area contributed by atoms with E-state index in [2.05, 4.69) is 0 Å². The highest BCUT2D eigenvalue weighted by atomic mass is 35.5. The van der Waals surface area contributed by atoms with E-state index < -0.39 is 11.1 Å². The van der Waals surface area contributed by atoms with Gasteiger partial charge in [-0.15, -0.1) is 0 Å². The lowest BCUT2D eigenvalue weighted by molar-refractivity contribution is 0.966. The van der Waals surface area contributed by atoms with Crippen molar-refractivity contribution in [3.8, 4) is 23.5 Å². The van der Waals surface area contributed by atoms with Gasteiger partial charge in [-0.2, -0.15) is 10.5 Å². The molecule has 0 fully saturated rings. The zero-order valence-electron chi connectivity index (χ0n) is 14.0. The van der Waals surface area contributed by atoms with Crippen molar-refractivity contribution in [3.63, 3.8) is 0 Å². The van der Waals surface area contributed by atoms with Crippen LogP contribution in [0.1, 0.15) is 11.1 Å². The predicted molar refractivity (Wildman–Crippen MR) is 106 cm³/mol. The van der Waals surface area contributed by atoms with Gasteiger partial charge >= 0.3 is 0 Å². The largest absolute Gasteiger partial charge is 0.396 e. The van der Waals surface area contributed by atoms with Crippen molar-refractivity contribution in [2.45, 2.75) is 0 Å². The van der Waals surface area contributed by atoms with E-state index in [0.717, 1.165) is 0 Å². The van der Waals surface area contributed by atoms with Gasteiger partial charge in [-0.1, -0.05) is 23.2 Å². The molecule has 0 aliphatic carbocycles. The molecule has 138 valence electrons. The van der Waals surface area contributed by atoms with Gasteiger partial charge in [0, 0.05) is 23.8 Å². The number of aromatic nitrogens is 2. The predicted octanol–water partition coefficient (Wildman–Crippen LogP) is 2.20. The highest BCUT2D eigenvalue weighted by molar-refractivity contribution is 6.33. The Kier molecular flexibility index (Phi) is 4.85. The summed E-state index contributed by atoms with van der Waals surface area (Å²) in [4.78, 5) is 24.7. The third-order valence-corrected chi connectivity index (χ3v) is 4.76. The maximum atomic E-state index is 12.4. The molecule has 0 spiro atoms. The van der Waals surface area contributed by atoms with Crippen LogP contribution in [-0.2, 0) is 0 Å². The second-order valence-electron chi connectivity index (χ2n) is 5.63. The number of nitrogen functional groups attached to an aromatic ring is 2. The molecule has 0 saturated heterocycles. The third-order valence-electron chi connectivity index (χ3n) is 4.03. The van der Waals surface area contributed by atoms with Crippen LogP contribution in [0.5, 0.6) is 0 Å². The fraction of sp³-hybridized carbons (Fsp3) is 0. The highest BCUT2D eigenvalue weighted by Crippen LogP contribution is 2.22. The lowest BCUT2D eigenvalue weighted by atomic mass is 10.2. The van der Waals surface area contributed by atoms with E-state index in [-0.39, 0.29) is 32.5 Å². The number of nitrogens with zero attached hydrogens (tertiary/aromatic N) is 4. The first-order chi connectivity index (χ1) is 13.3. The van der Waals surface area contributed by atoms with Crippen LogP contribution in [-0.4, -0.2) is 9.13 Å². The lowest BCUT2D eigenvalue weighted by Crippen LogP contribution is -2.22. The molecule has 28 heavy (non-hydrogen) atoms. The first-order valence-corrected chi connectivity index (χ1v) is 8.38. The minimum absolute atomic E-state index is 0.0499. The smallest absolute Gasteiger partial charge is 0.276 e. The van der Waals surface area contributed by atoms with Crippen LogP contribution in [0.2, 0.25) is 10.0 Å². The fourth-order valence-corrected chi connectivity index (χ4v) is 2.91. The number of nitrogens with two attached hydrogens (primary N) is 2. The van der Waals surface area contributed by atoms with Crippen molar-refractivity contribution in [2.75, 3.05) is 11.5 Å². The van der Waals surface area contributed by atoms with Crippen molar-refractivity contribution in [3.05, 3.63) is 78.5 Å². The van der Waals surface area contributed by atoms with E-state index in [4.69, 9.17) is 45.2 Å². The Hall–Kier alpha value is -3.72. The van der Waals surface area contributed by atoms with Crippen LogP contribution < -0.4 is 22.6 Å². The van der Waals surface area contributed by atoms with Crippen LogP contribution in [0, 0.1) is 22.7 Å². The maximum absolute atomic E-state index is 12.4. The molecule has 0 aliphatic heterocycles. The van der Waals surface area contributed by atoms with Crippen molar-refractivity contribution in [2.24, 2.45) is 0 Å². The topological polar surface area (TPSA) is 144 Å². The van der Waals surface area contributed by atoms with Crippen molar-refractivity contribution in [1.82, 2.24) is 9.13 Å². The van der Waals surface area contributed by atoms with E-state index in [9.17, 15) is 9.59 Å². The van der Waals surface area contributed by atoms with Gasteiger partial charge in [0.05, 0.1) is 22.5 Å². The molecule has 0 saturated carbocycles. The number of hydrogen-bond donors (Lipinski definition) is 2. The summed E-state index contributed by atoms with van der Waals surface area (Å²) in [5, 5.41) is 17.7. The molecular weight excluding hydrogens is 403 g/mol. The zero-order valence-corrected chi connectivity index (χ0v) is 15.5. The number of halogens is 2. The normalized spacial score (nSPS) is 10.3. The summed E-state index contributed by atoms with van der Waals surface area (Å²) < 4.78 is 2.33. The standard InChI is InChI=1S/C18H10Cl2N6O2/c19-13-15(23)9(5-21)7-25(17(13)27)11-1-2-12(4-3-11)26-8-10(6-22)16(24)14(20)18(26)28/h1-4,7-8H,23-24H2. The molecule has 0 bridgehead atoms. The molecular formula is C18H10Cl2N6O2. The summed E-state index contributed by atoms with van der Waals surface area (Å²) in [5.74, 6) is 0. The summed E-state index contributed by atoms with van der Waals surface area (Å²) >= 11 is 11.8. The molecule has 3 aromatic rings. The van der Waals surface area contributed by atoms with Crippen molar-refractivity contribution < 1.29 is 0 Å². The van der Waals surface area contributed by atoms with E-state index in [1.807, 2.05) is 12.1 Å². The van der Waals surface area contributed by atoms with Gasteiger partial charge in [0.15, 0.2) is 0 Å². The summed E-state index contributed by atoms with van der Waals surface area (Å²) in [6, 6.07) is 9.88. The second-order valence-corrected chi connectivity index (χ2v) is 6.39. The van der Waals surface area contributed by atoms with E-state index >= 15 is 0 Å². The minimum Gasteiger partial charge on any atom is -0.396 e. The van der Waals surface area contributed by atoms with Crippen LogP contribution in [0.15, 0.2) is 46.2 Å². The molecule has 10 heteroatoms. The Morgan fingerprint density at radius 3 is 1.36 bits per heavy atom. The van der Waals surface area contributed by atoms with Crippen LogP contribution in [0.4, 0.5) is 11.4 Å². The van der Waals surface area contributed by atoms with Gasteiger partial charge in [0.25, 0.3) is 11.1 Å². The monoisotopic (exact) mass is 412 g/mol. The first kappa shape index (κ1) is 19.1. The molecule has 0 unspecified atom stereocenters. The van der Waals surface area contributed by atoms with Gasteiger partial charge in [-0.05, 0) is 24.3 Å². The Labute approximate surface area is 168 Å². The van der Waals surface area contributed by atoms with Gasteiger partial charge in [-0.3, -0.25) is 18.7 Å². The molecule has 3 rings (SSSR count). The molecule has 8 nitrogen and oxygen atoms in total. The Bertz CT molecular complexity index is 1210. The van der Waals surface area contributed by atoms with E-state index in [0.29, 0.717) is 11.4 Å². The quantitative estimate of drug-likeness (QED) is 0.659. The highest BCUT2D eigenvalue weighted by Gasteiger charge is 2.15. The first-order valence-electron chi connectivity index (χ1n) is 7.62. The summed E-state index contributed by atoms with van der Waals surface area (Å²) in [5.41, 5.74) is 10.8. The van der Waals surface area contributed by atoms with Crippen molar-refractivity contribution in [1.29, 1.82) is 10.5 Å². The zero-order chi connectivity index (χ0) is 20.6. The molecule has 2 heterocycles. The van der Waals surface area contributed by atoms with Crippen molar-refractivity contribution >= 4 is 34.6 Å². The van der Waals surface area contributed by atoms with Crippen LogP contribution in [0.3, 0.4) is 0 Å². The molecule has 0 amide bonds. The van der Waals surface area contributed by atoms with E-state index in [1.54, 1.807) is 0 Å². The maximum Gasteiger partial charge on any atom is 0.276 e. The number of nitriles is 2. The fourth-order valence-electron chi connectivity index (χ4n) is 2.53. The van der Waals surface area contributed by atoms with Gasteiger partial charge in [-0.25, -0.2) is 0 Å². The molecule has 1 aromatic carbocycles. The van der Waals surface area contributed by atoms with E-state index in [1.165, 1.54) is 45.8 Å². The lowest BCUT2D eigenvalue weighted by Gasteiger charge is -2.12. The SMILES string of the molecule is N#Cc1cn(-c2ccc(-n3cc(C#N)c(N)c(Cl)c3=O)cc2)c(=O)c(Cl)c1N. The number of anilines is 2. The van der Waals surface area contributed by atoms with Crippen LogP contribution >= 0.6 is 23.2 Å². The molecule has 0 radical (unpaired) electrons. The average Bonchev–Trinajstić information content (AvgIpc) is 2.71. The molecule has 0 aliphatic rings. The van der Waals surface area contributed by atoms with Crippen LogP contribution in [0.25, 0.3) is 11.4 Å². The average molecular weight is 413 g/mol. The third kappa shape index (κ3) is 2.97. The summed E-state index contributed by atoms with van der Waals surface area (Å²) in [7, 11) is 0. The number of benzene rings is 1. The molecule has 2 aromatic heterocycles. The number of pyridine rings is 2. The van der Waals surface area contributed by atoms with Gasteiger partial charge in [0.1, 0.15) is 22.2 Å². The minimum atomic E-state index is -0.592. The van der Waals surface area contributed by atoms with Gasteiger partial charge < -0.3 is 11.5 Å². The Balaban J connectivity index is 2.16. The van der Waals surface area contributed by atoms with Gasteiger partial charge in [0.2, 0.25) is 0 Å². The summed E-state index contributed by atoms with van der Waals surface area (Å²) in [6.07, 6.45) is 2.55. The number of rotatable bonds is 2.